The molecule has 0 spiro atoms. The molecule has 0 aromatic heterocycles. The van der Waals surface area contributed by atoms with Gasteiger partial charge in [-0.25, -0.2) is 0 Å². The van der Waals surface area contributed by atoms with E-state index in [9.17, 15) is 0 Å². The second kappa shape index (κ2) is 12.8. The number of unbranched alkanes of at least 4 members (excludes halogenated alkanes) is 1. The molecule has 1 atom stereocenters. The summed E-state index contributed by atoms with van der Waals surface area (Å²) in [5, 5.41) is 5.82. The van der Waals surface area contributed by atoms with E-state index in [1.165, 1.54) is 0 Å². The fourth-order valence-corrected chi connectivity index (χ4v) is 3.71. The molecular weight excluding hydrogens is 376 g/mol. The summed E-state index contributed by atoms with van der Waals surface area (Å²) in [5.74, 6) is 0. The van der Waals surface area contributed by atoms with Gasteiger partial charge in [0.1, 0.15) is 0 Å². The highest BCUT2D eigenvalue weighted by Crippen LogP contribution is 2.48. The van der Waals surface area contributed by atoms with Crippen molar-refractivity contribution in [1.82, 2.24) is 15.4 Å². The molecule has 7 nitrogen and oxygen atoms in total. The maximum Gasteiger partial charge on any atom is 0.313 e. The van der Waals surface area contributed by atoms with Crippen molar-refractivity contribution in [3.63, 3.8) is 0 Å². The summed E-state index contributed by atoms with van der Waals surface area (Å²) < 4.78 is 19.8. The van der Waals surface area contributed by atoms with E-state index in [1.54, 1.807) is 0 Å². The number of hydrogen-bond donors (Lipinski definition) is 4. The molecule has 0 aromatic carbocycles. The second-order valence-corrected chi connectivity index (χ2v) is 7.14. The van der Waals surface area contributed by atoms with Crippen molar-refractivity contribution in [1.29, 1.82) is 0 Å². The van der Waals surface area contributed by atoms with Crippen molar-refractivity contribution in [2.24, 2.45) is 5.73 Å². The Morgan fingerprint density at radius 1 is 0.913 bits per heavy atom. The quantitative estimate of drug-likeness (QED) is 0.322. The number of hydrogen-bond acceptors (Lipinski definition) is 7. The fourth-order valence-electron chi connectivity index (χ4n) is 1.25. The molecule has 0 saturated heterocycles. The average Bonchev–Trinajstić information content (AvgIpc) is 2.44. The van der Waals surface area contributed by atoms with E-state index in [2.05, 4.69) is 22.3 Å². The van der Waals surface area contributed by atoms with Crippen LogP contribution in [0.2, 0.25) is 0 Å². The predicted molar refractivity (Wildman–Crippen MR) is 108 cm³/mol. The second-order valence-electron chi connectivity index (χ2n) is 4.30. The van der Waals surface area contributed by atoms with Crippen molar-refractivity contribution in [2.45, 2.75) is 40.0 Å². The van der Waals surface area contributed by atoms with Gasteiger partial charge in [-0.3, -0.25) is 0 Å². The fraction of sp³-hybridized carbons (Fsp3) is 0.750. The molecule has 0 aliphatic rings. The lowest BCUT2D eigenvalue weighted by Crippen LogP contribution is -2.39. The number of rotatable bonds is 10. The highest BCUT2D eigenvalue weighted by Gasteiger charge is 2.35. The molecule has 0 radical (unpaired) electrons. The average molecular weight is 403 g/mol. The number of thiocarbonyl (C=S) groups is 3. The van der Waals surface area contributed by atoms with Crippen molar-refractivity contribution in [3.05, 3.63) is 0 Å². The molecule has 0 aromatic rings. The van der Waals surface area contributed by atoms with E-state index in [1.807, 2.05) is 13.8 Å². The van der Waals surface area contributed by atoms with Crippen LogP contribution in [0, 0.1) is 0 Å². The summed E-state index contributed by atoms with van der Waals surface area (Å²) in [4.78, 5) is 0. The van der Waals surface area contributed by atoms with Crippen molar-refractivity contribution < 1.29 is 12.5 Å². The molecule has 5 N–H and O–H groups in total. The minimum absolute atomic E-state index is 0.112. The van der Waals surface area contributed by atoms with Gasteiger partial charge in [-0.05, 0) is 56.4 Å². The summed E-state index contributed by atoms with van der Waals surface area (Å²) in [6, 6.07) is 0. The Labute approximate surface area is 156 Å². The van der Waals surface area contributed by atoms with E-state index in [4.69, 9.17) is 54.9 Å². The van der Waals surface area contributed by atoms with Gasteiger partial charge in [-0.15, -0.1) is 0 Å². The van der Waals surface area contributed by atoms with E-state index in [-0.39, 0.29) is 15.5 Å². The summed E-state index contributed by atoms with van der Waals surface area (Å²) >= 11 is 12.3. The molecule has 0 fully saturated rings. The summed E-state index contributed by atoms with van der Waals surface area (Å²) in [6.45, 7) is 7.78. The molecule has 136 valence electrons. The van der Waals surface area contributed by atoms with E-state index >= 15 is 0 Å². The van der Waals surface area contributed by atoms with E-state index in [0.29, 0.717) is 19.6 Å². The molecule has 0 rings (SSSR count). The highest BCUT2D eigenvalue weighted by molar-refractivity contribution is 8.21. The third-order valence-electron chi connectivity index (χ3n) is 2.21. The lowest BCUT2D eigenvalue weighted by molar-refractivity contribution is 0.362. The Bertz CT molecular complexity index is 401. The molecule has 0 heterocycles. The minimum Gasteiger partial charge on any atom is -0.359 e. The summed E-state index contributed by atoms with van der Waals surface area (Å²) in [7, 11) is 0. The van der Waals surface area contributed by atoms with Gasteiger partial charge in [-0.2, -0.15) is 4.72 Å². The van der Waals surface area contributed by atoms with Gasteiger partial charge in [0.2, 0.25) is 0 Å². The Kier molecular flexibility index (Phi) is 12.4. The van der Waals surface area contributed by atoms with Gasteiger partial charge >= 0.3 is 11.1 Å². The Balaban J connectivity index is 5.13. The SMILES string of the molecule is CCCCNS(OC(N)=S)(OC(=S)NCC)OC(=S)NCCC. The number of nitrogens with two attached hydrogens (primary N) is 1. The first-order chi connectivity index (χ1) is 10.9. The van der Waals surface area contributed by atoms with Gasteiger partial charge < -0.3 is 28.9 Å². The van der Waals surface area contributed by atoms with Gasteiger partial charge in [0, 0.05) is 19.6 Å². The van der Waals surface area contributed by atoms with Gasteiger partial charge in [-0.1, -0.05) is 20.3 Å². The van der Waals surface area contributed by atoms with Crippen LogP contribution in [0.4, 0.5) is 0 Å². The maximum atomic E-state index is 5.67. The first kappa shape index (κ1) is 22.4. The lowest BCUT2D eigenvalue weighted by Gasteiger charge is -2.36. The van der Waals surface area contributed by atoms with Crippen LogP contribution in [0.1, 0.15) is 40.0 Å². The Hall–Kier alpha value is -0.620. The van der Waals surface area contributed by atoms with Crippen LogP contribution in [0.25, 0.3) is 0 Å². The predicted octanol–water partition coefficient (Wildman–Crippen LogP) is 2.31. The Morgan fingerprint density at radius 2 is 1.52 bits per heavy atom. The number of nitrogens with one attached hydrogen (secondary N) is 3. The van der Waals surface area contributed by atoms with Crippen LogP contribution in [0.15, 0.2) is 0 Å². The van der Waals surface area contributed by atoms with Crippen LogP contribution >= 0.6 is 47.7 Å². The molecule has 0 aliphatic heterocycles. The standard InChI is InChI=1S/C12H26N4O3S4/c1-4-7-9-16-23(17-10(13)20,18-11(21)14-6-3)19-12(22)15-8-5-2/h16H,4-9H2,1-3H3,(H2,13,20)(H,14,21)(H,15,22). The van der Waals surface area contributed by atoms with Crippen LogP contribution < -0.4 is 21.1 Å². The summed E-state index contributed by atoms with van der Waals surface area (Å²) in [5.41, 5.74) is 5.51. The highest BCUT2D eigenvalue weighted by atomic mass is 32.3. The van der Waals surface area contributed by atoms with Crippen molar-refractivity contribution >= 4 is 63.2 Å². The molecule has 0 amide bonds. The first-order valence-electron chi connectivity index (χ1n) is 7.40. The third kappa shape index (κ3) is 10.7. The van der Waals surface area contributed by atoms with Gasteiger partial charge in [0.05, 0.1) is 0 Å². The molecule has 23 heavy (non-hydrogen) atoms. The van der Waals surface area contributed by atoms with E-state index < -0.39 is 11.1 Å². The molecule has 0 aliphatic carbocycles. The minimum atomic E-state index is -2.84. The molecule has 0 saturated carbocycles. The topological polar surface area (TPSA) is 89.8 Å². The Morgan fingerprint density at radius 3 is 2.00 bits per heavy atom. The van der Waals surface area contributed by atoms with Gasteiger partial charge in [0.25, 0.3) is 15.5 Å². The van der Waals surface area contributed by atoms with Crippen molar-refractivity contribution in [2.75, 3.05) is 19.6 Å². The van der Waals surface area contributed by atoms with E-state index in [0.717, 1.165) is 19.3 Å². The van der Waals surface area contributed by atoms with Crippen molar-refractivity contribution in [3.8, 4) is 0 Å². The van der Waals surface area contributed by atoms with Crippen LogP contribution in [-0.2, 0) is 12.5 Å². The van der Waals surface area contributed by atoms with Crippen LogP contribution in [0.5, 0.6) is 0 Å². The monoisotopic (exact) mass is 402 g/mol. The van der Waals surface area contributed by atoms with Gasteiger partial charge in [0.15, 0.2) is 0 Å². The molecule has 1 unspecified atom stereocenters. The van der Waals surface area contributed by atoms with Crippen LogP contribution in [0.3, 0.4) is 0 Å². The zero-order chi connectivity index (χ0) is 17.7. The smallest absolute Gasteiger partial charge is 0.313 e. The third-order valence-corrected chi connectivity index (χ3v) is 4.80. The summed E-state index contributed by atoms with van der Waals surface area (Å²) in [6.07, 6.45) is 2.75. The first-order valence-corrected chi connectivity index (χ1v) is 10.0. The molecule has 11 heteroatoms. The maximum absolute atomic E-state index is 5.67. The zero-order valence-electron chi connectivity index (χ0n) is 13.7. The molecule has 0 bridgehead atoms. The normalized spacial score (nSPS) is 14.0. The zero-order valence-corrected chi connectivity index (χ0v) is 16.9. The van der Waals surface area contributed by atoms with Crippen LogP contribution in [-0.4, -0.2) is 35.2 Å². The largest absolute Gasteiger partial charge is 0.359 e. The lowest BCUT2D eigenvalue weighted by atomic mass is 10.3. The molecular formula is C12H26N4O3S4.